The van der Waals surface area contributed by atoms with Gasteiger partial charge in [-0.2, -0.15) is 10.2 Å². The molecule has 0 saturated carbocycles. The Kier molecular flexibility index (Phi) is 5.38. The number of nitrogens with one attached hydrogen (secondary N) is 2. The molecule has 0 aromatic carbocycles. The molecular weight excluding hydrogens is 320 g/mol. The highest BCUT2D eigenvalue weighted by molar-refractivity contribution is 6.34. The first-order chi connectivity index (χ1) is 11.0. The summed E-state index contributed by atoms with van der Waals surface area (Å²) in [6.07, 6.45) is 3.81. The lowest BCUT2D eigenvalue weighted by Gasteiger charge is -2.07. The SMILES string of the molecule is CCCNC(=O)c1c(NC(=O)c2nn(CC)cc2Cl)cnn1C. The van der Waals surface area contributed by atoms with Gasteiger partial charge in [-0.15, -0.1) is 0 Å². The van der Waals surface area contributed by atoms with Gasteiger partial charge in [0.05, 0.1) is 16.9 Å². The third-order valence-corrected chi connectivity index (χ3v) is 3.47. The van der Waals surface area contributed by atoms with Crippen molar-refractivity contribution in [2.75, 3.05) is 11.9 Å². The molecule has 9 heteroatoms. The number of aromatic nitrogens is 4. The van der Waals surface area contributed by atoms with Crippen molar-refractivity contribution in [3.63, 3.8) is 0 Å². The molecule has 0 bridgehead atoms. The molecular formula is C14H19ClN6O2. The third kappa shape index (κ3) is 3.70. The number of anilines is 1. The van der Waals surface area contributed by atoms with Crippen LogP contribution in [-0.4, -0.2) is 37.9 Å². The molecule has 0 spiro atoms. The van der Waals surface area contributed by atoms with Gasteiger partial charge in [0, 0.05) is 26.3 Å². The summed E-state index contributed by atoms with van der Waals surface area (Å²) in [7, 11) is 1.63. The summed E-state index contributed by atoms with van der Waals surface area (Å²) in [5.41, 5.74) is 0.698. The Hall–Kier alpha value is -2.35. The number of halogens is 1. The van der Waals surface area contributed by atoms with Crippen LogP contribution in [0.3, 0.4) is 0 Å². The van der Waals surface area contributed by atoms with Gasteiger partial charge < -0.3 is 10.6 Å². The van der Waals surface area contributed by atoms with Crippen LogP contribution in [0.4, 0.5) is 5.69 Å². The van der Waals surface area contributed by atoms with Crippen molar-refractivity contribution in [2.45, 2.75) is 26.8 Å². The topological polar surface area (TPSA) is 93.8 Å². The summed E-state index contributed by atoms with van der Waals surface area (Å²) >= 11 is 6.02. The Morgan fingerprint density at radius 3 is 2.65 bits per heavy atom. The molecule has 0 unspecified atom stereocenters. The fourth-order valence-electron chi connectivity index (χ4n) is 2.01. The van der Waals surface area contributed by atoms with Crippen molar-refractivity contribution in [3.05, 3.63) is 28.8 Å². The van der Waals surface area contributed by atoms with Gasteiger partial charge in [-0.1, -0.05) is 18.5 Å². The van der Waals surface area contributed by atoms with Crippen LogP contribution in [0.1, 0.15) is 41.2 Å². The first kappa shape index (κ1) is 17.0. The van der Waals surface area contributed by atoms with Gasteiger partial charge in [0.25, 0.3) is 11.8 Å². The average Bonchev–Trinajstić information content (AvgIpc) is 3.07. The fourth-order valence-corrected chi connectivity index (χ4v) is 2.25. The maximum atomic E-state index is 12.3. The van der Waals surface area contributed by atoms with E-state index in [2.05, 4.69) is 20.8 Å². The second kappa shape index (κ2) is 7.28. The van der Waals surface area contributed by atoms with Crippen LogP contribution in [0.15, 0.2) is 12.4 Å². The number of rotatable bonds is 6. The number of nitrogens with zero attached hydrogens (tertiary/aromatic N) is 4. The molecule has 23 heavy (non-hydrogen) atoms. The first-order valence-electron chi connectivity index (χ1n) is 7.32. The van der Waals surface area contributed by atoms with Crippen LogP contribution in [0.5, 0.6) is 0 Å². The summed E-state index contributed by atoms with van der Waals surface area (Å²) in [5.74, 6) is -0.785. The van der Waals surface area contributed by atoms with Crippen LogP contribution >= 0.6 is 11.6 Å². The molecule has 2 aromatic rings. The number of aryl methyl sites for hydroxylation is 2. The van der Waals surface area contributed by atoms with E-state index in [1.54, 1.807) is 17.9 Å². The molecule has 0 saturated heterocycles. The minimum Gasteiger partial charge on any atom is -0.351 e. The summed E-state index contributed by atoms with van der Waals surface area (Å²) in [5, 5.41) is 13.8. The van der Waals surface area contributed by atoms with E-state index in [0.29, 0.717) is 18.8 Å². The Morgan fingerprint density at radius 2 is 2.04 bits per heavy atom. The predicted molar refractivity (Wildman–Crippen MR) is 86.7 cm³/mol. The molecule has 0 atom stereocenters. The van der Waals surface area contributed by atoms with Gasteiger partial charge in [-0.3, -0.25) is 19.0 Å². The second-order valence-corrected chi connectivity index (χ2v) is 5.33. The van der Waals surface area contributed by atoms with Gasteiger partial charge in [0.1, 0.15) is 5.69 Å². The highest BCUT2D eigenvalue weighted by atomic mass is 35.5. The Labute approximate surface area is 138 Å². The van der Waals surface area contributed by atoms with E-state index in [-0.39, 0.29) is 22.3 Å². The van der Waals surface area contributed by atoms with Crippen LogP contribution < -0.4 is 10.6 Å². The molecule has 8 nitrogen and oxygen atoms in total. The zero-order valence-corrected chi connectivity index (χ0v) is 14.0. The molecule has 2 aromatic heterocycles. The zero-order chi connectivity index (χ0) is 17.0. The van der Waals surface area contributed by atoms with Crippen molar-refractivity contribution in [1.82, 2.24) is 24.9 Å². The van der Waals surface area contributed by atoms with Gasteiger partial charge >= 0.3 is 0 Å². The molecule has 2 N–H and O–H groups in total. The van der Waals surface area contributed by atoms with Crippen molar-refractivity contribution in [1.29, 1.82) is 0 Å². The molecule has 2 amide bonds. The molecule has 2 heterocycles. The van der Waals surface area contributed by atoms with Gasteiger partial charge in [-0.25, -0.2) is 0 Å². The summed E-state index contributed by atoms with van der Waals surface area (Å²) in [6, 6.07) is 0. The highest BCUT2D eigenvalue weighted by Crippen LogP contribution is 2.18. The van der Waals surface area contributed by atoms with Crippen LogP contribution in [0.25, 0.3) is 0 Å². The monoisotopic (exact) mass is 338 g/mol. The second-order valence-electron chi connectivity index (χ2n) is 4.92. The highest BCUT2D eigenvalue weighted by Gasteiger charge is 2.21. The molecule has 0 fully saturated rings. The number of amides is 2. The van der Waals surface area contributed by atoms with E-state index < -0.39 is 5.91 Å². The van der Waals surface area contributed by atoms with Crippen molar-refractivity contribution >= 4 is 29.1 Å². The fraction of sp³-hybridized carbons (Fsp3) is 0.429. The van der Waals surface area contributed by atoms with E-state index in [0.717, 1.165) is 6.42 Å². The van der Waals surface area contributed by atoms with Crippen LogP contribution in [-0.2, 0) is 13.6 Å². The lowest BCUT2D eigenvalue weighted by Crippen LogP contribution is -2.27. The summed E-state index contributed by atoms with van der Waals surface area (Å²) in [4.78, 5) is 24.5. The van der Waals surface area contributed by atoms with Gasteiger partial charge in [0.15, 0.2) is 5.69 Å². The van der Waals surface area contributed by atoms with E-state index in [1.807, 2.05) is 13.8 Å². The van der Waals surface area contributed by atoms with E-state index in [4.69, 9.17) is 11.6 Å². The standard InChI is InChI=1S/C14H19ClN6O2/c1-4-6-16-14(23)12-10(7-17-20(12)3)18-13(22)11-9(15)8-21(5-2)19-11/h7-8H,4-6H2,1-3H3,(H,16,23)(H,18,22). The molecule has 0 aliphatic carbocycles. The number of hydrogen-bond donors (Lipinski definition) is 2. The molecule has 124 valence electrons. The Bertz CT molecular complexity index is 721. The van der Waals surface area contributed by atoms with Crippen LogP contribution in [0.2, 0.25) is 5.02 Å². The zero-order valence-electron chi connectivity index (χ0n) is 13.3. The average molecular weight is 339 g/mol. The number of carbonyl (C=O) groups is 2. The Morgan fingerprint density at radius 1 is 1.30 bits per heavy atom. The minimum atomic E-state index is -0.486. The quantitative estimate of drug-likeness (QED) is 0.838. The largest absolute Gasteiger partial charge is 0.351 e. The summed E-state index contributed by atoms with van der Waals surface area (Å²) in [6.45, 7) is 5.00. The first-order valence-corrected chi connectivity index (χ1v) is 7.70. The normalized spacial score (nSPS) is 10.6. The molecule has 2 rings (SSSR count). The van der Waals surface area contributed by atoms with Crippen molar-refractivity contribution < 1.29 is 9.59 Å². The molecule has 0 aliphatic rings. The van der Waals surface area contributed by atoms with E-state index in [9.17, 15) is 9.59 Å². The predicted octanol–water partition coefficient (Wildman–Crippen LogP) is 1.68. The van der Waals surface area contributed by atoms with Crippen molar-refractivity contribution in [2.24, 2.45) is 7.05 Å². The maximum absolute atomic E-state index is 12.3. The van der Waals surface area contributed by atoms with E-state index in [1.165, 1.54) is 10.9 Å². The summed E-state index contributed by atoms with van der Waals surface area (Å²) < 4.78 is 2.97. The minimum absolute atomic E-state index is 0.109. The lowest BCUT2D eigenvalue weighted by molar-refractivity contribution is 0.0945. The molecule has 0 radical (unpaired) electrons. The van der Waals surface area contributed by atoms with Crippen molar-refractivity contribution in [3.8, 4) is 0 Å². The number of hydrogen-bond acceptors (Lipinski definition) is 4. The maximum Gasteiger partial charge on any atom is 0.277 e. The van der Waals surface area contributed by atoms with Gasteiger partial charge in [0.2, 0.25) is 0 Å². The molecule has 0 aliphatic heterocycles. The van der Waals surface area contributed by atoms with Crippen LogP contribution in [0, 0.1) is 0 Å². The Balaban J connectivity index is 2.21. The number of carbonyl (C=O) groups excluding carboxylic acids is 2. The third-order valence-electron chi connectivity index (χ3n) is 3.19. The van der Waals surface area contributed by atoms with E-state index >= 15 is 0 Å². The lowest BCUT2D eigenvalue weighted by atomic mass is 10.3. The smallest absolute Gasteiger partial charge is 0.277 e. The van der Waals surface area contributed by atoms with Gasteiger partial charge in [-0.05, 0) is 13.3 Å².